The number of hydrogen-bond acceptors (Lipinski definition) is 6. The normalized spacial score (nSPS) is 14.8. The predicted octanol–water partition coefficient (Wildman–Crippen LogP) is 5.98. The lowest BCUT2D eigenvalue weighted by Crippen LogP contribution is -2.21. The topological polar surface area (TPSA) is 80.3 Å². The van der Waals surface area contributed by atoms with Gasteiger partial charge in [0.05, 0.1) is 22.6 Å². The summed E-state index contributed by atoms with van der Waals surface area (Å²) >= 11 is 1.59. The molecule has 3 aromatic rings. The number of benzene rings is 2. The minimum atomic E-state index is -3.75. The van der Waals surface area contributed by atoms with Crippen molar-refractivity contribution in [2.45, 2.75) is 56.9 Å². The first kappa shape index (κ1) is 22.6. The first-order valence-corrected chi connectivity index (χ1v) is 13.2. The molecule has 4 rings (SSSR count). The van der Waals surface area contributed by atoms with E-state index in [9.17, 15) is 8.42 Å². The van der Waals surface area contributed by atoms with Gasteiger partial charge in [-0.05, 0) is 68.1 Å². The summed E-state index contributed by atoms with van der Waals surface area (Å²) in [6, 6.07) is 12.9. The van der Waals surface area contributed by atoms with Crippen molar-refractivity contribution >= 4 is 32.2 Å². The number of methoxy groups -OCH3 is 1. The van der Waals surface area contributed by atoms with Crippen molar-refractivity contribution in [2.24, 2.45) is 0 Å². The van der Waals surface area contributed by atoms with Crippen molar-refractivity contribution in [1.29, 1.82) is 0 Å². The molecule has 1 aromatic heterocycles. The Morgan fingerprint density at radius 3 is 2.44 bits per heavy atom. The Hall–Kier alpha value is -2.58. The Morgan fingerprint density at radius 1 is 1.03 bits per heavy atom. The van der Waals surface area contributed by atoms with Crippen molar-refractivity contribution < 1.29 is 13.2 Å². The molecule has 0 aliphatic heterocycles. The molecule has 6 nitrogen and oxygen atoms in total. The van der Waals surface area contributed by atoms with Crippen LogP contribution in [0.4, 0.5) is 10.8 Å². The van der Waals surface area contributed by atoms with E-state index in [2.05, 4.69) is 10.0 Å². The molecular weight excluding hydrogens is 442 g/mol. The van der Waals surface area contributed by atoms with Gasteiger partial charge in [-0.25, -0.2) is 13.4 Å². The highest BCUT2D eigenvalue weighted by Gasteiger charge is 2.21. The second-order valence-corrected chi connectivity index (χ2v) is 10.9. The van der Waals surface area contributed by atoms with Gasteiger partial charge in [-0.15, -0.1) is 0 Å². The van der Waals surface area contributed by atoms with E-state index in [-0.39, 0.29) is 4.90 Å². The number of hydrogen-bond donors (Lipinski definition) is 2. The first-order chi connectivity index (χ1) is 15.4. The fraction of sp³-hybridized carbons (Fsp3) is 0.375. The summed E-state index contributed by atoms with van der Waals surface area (Å²) in [6.07, 6.45) is 6.19. The molecule has 1 fully saturated rings. The molecule has 0 radical (unpaired) electrons. The summed E-state index contributed by atoms with van der Waals surface area (Å²) in [4.78, 5) is 5.96. The summed E-state index contributed by atoms with van der Waals surface area (Å²) < 4.78 is 34.1. The zero-order valence-corrected chi connectivity index (χ0v) is 20.3. The number of aryl methyl sites for hydroxylation is 2. The molecule has 2 N–H and O–H groups in total. The maximum Gasteiger partial charge on any atom is 0.262 e. The molecule has 1 heterocycles. The summed E-state index contributed by atoms with van der Waals surface area (Å²) in [6.45, 7) is 3.78. The lowest BCUT2D eigenvalue weighted by molar-refractivity contribution is 0.415. The number of rotatable bonds is 7. The number of anilines is 2. The number of nitrogens with one attached hydrogen (secondary N) is 2. The van der Waals surface area contributed by atoms with Crippen molar-refractivity contribution in [2.75, 3.05) is 17.1 Å². The van der Waals surface area contributed by atoms with Gasteiger partial charge in [-0.3, -0.25) is 4.72 Å². The van der Waals surface area contributed by atoms with E-state index in [1.165, 1.54) is 32.1 Å². The number of sulfonamides is 1. The third kappa shape index (κ3) is 5.07. The van der Waals surface area contributed by atoms with Crippen LogP contribution in [0.3, 0.4) is 0 Å². The highest BCUT2D eigenvalue weighted by molar-refractivity contribution is 7.92. The standard InChI is InChI=1S/C24H29N3O3S2/c1-16-9-10-18(23-17(2)25-24(31-23)26-19-7-5-4-6-8-19)15-22(16)32(28,29)27-20-11-13-21(30-3)14-12-20/h9-15,19,27H,4-8H2,1-3H3,(H,25,26). The van der Waals surface area contributed by atoms with Gasteiger partial charge in [-0.1, -0.05) is 42.7 Å². The average molecular weight is 472 g/mol. The molecule has 170 valence electrons. The van der Waals surface area contributed by atoms with Crippen molar-refractivity contribution in [3.8, 4) is 16.2 Å². The number of aromatic nitrogens is 1. The Kier molecular flexibility index (Phi) is 6.71. The van der Waals surface area contributed by atoms with Gasteiger partial charge in [-0.2, -0.15) is 0 Å². The fourth-order valence-electron chi connectivity index (χ4n) is 4.05. The minimum absolute atomic E-state index is 0.264. The Bertz CT molecular complexity index is 1180. The SMILES string of the molecule is COc1ccc(NS(=O)(=O)c2cc(-c3sc(NC4CCCCC4)nc3C)ccc2C)cc1. The van der Waals surface area contributed by atoms with E-state index < -0.39 is 10.0 Å². The zero-order chi connectivity index (χ0) is 22.7. The summed E-state index contributed by atoms with van der Waals surface area (Å²) in [7, 11) is -2.17. The third-order valence-corrected chi connectivity index (χ3v) is 8.47. The maximum atomic E-state index is 13.1. The highest BCUT2D eigenvalue weighted by Crippen LogP contribution is 2.36. The number of nitrogens with zero attached hydrogens (tertiary/aromatic N) is 1. The van der Waals surface area contributed by atoms with Crippen molar-refractivity contribution in [1.82, 2.24) is 4.98 Å². The minimum Gasteiger partial charge on any atom is -0.497 e. The third-order valence-electron chi connectivity index (χ3n) is 5.81. The van der Waals surface area contributed by atoms with Gasteiger partial charge >= 0.3 is 0 Å². The lowest BCUT2D eigenvalue weighted by atomic mass is 9.96. The van der Waals surface area contributed by atoms with Crippen LogP contribution >= 0.6 is 11.3 Å². The molecule has 0 unspecified atom stereocenters. The second-order valence-electron chi connectivity index (χ2n) is 8.23. The van der Waals surface area contributed by atoms with Gasteiger partial charge < -0.3 is 10.1 Å². The van der Waals surface area contributed by atoms with E-state index in [1.807, 2.05) is 26.0 Å². The Balaban J connectivity index is 1.59. The highest BCUT2D eigenvalue weighted by atomic mass is 32.2. The van der Waals surface area contributed by atoms with Crippen LogP contribution in [-0.2, 0) is 10.0 Å². The molecule has 0 bridgehead atoms. The molecular formula is C24H29N3O3S2. The average Bonchev–Trinajstić information content (AvgIpc) is 3.14. The first-order valence-electron chi connectivity index (χ1n) is 10.9. The predicted molar refractivity (Wildman–Crippen MR) is 131 cm³/mol. The van der Waals surface area contributed by atoms with Crippen LogP contribution in [0.25, 0.3) is 10.4 Å². The zero-order valence-electron chi connectivity index (χ0n) is 18.6. The molecule has 1 aliphatic carbocycles. The lowest BCUT2D eigenvalue weighted by Gasteiger charge is -2.22. The largest absolute Gasteiger partial charge is 0.497 e. The molecule has 1 aliphatic rings. The summed E-state index contributed by atoms with van der Waals surface area (Å²) in [5.41, 5.74) is 2.95. The van der Waals surface area contributed by atoms with E-state index in [4.69, 9.17) is 9.72 Å². The van der Waals surface area contributed by atoms with E-state index in [1.54, 1.807) is 48.8 Å². The van der Waals surface area contributed by atoms with Gasteiger partial charge in [0.1, 0.15) is 5.75 Å². The molecule has 1 saturated carbocycles. The van der Waals surface area contributed by atoms with Crippen LogP contribution in [0, 0.1) is 13.8 Å². The maximum absolute atomic E-state index is 13.1. The smallest absolute Gasteiger partial charge is 0.262 e. The second kappa shape index (κ2) is 9.50. The quantitative estimate of drug-likeness (QED) is 0.443. The van der Waals surface area contributed by atoms with Crippen LogP contribution in [0.15, 0.2) is 47.4 Å². The Labute approximate surface area is 194 Å². The van der Waals surface area contributed by atoms with Gasteiger partial charge in [0.25, 0.3) is 10.0 Å². The molecule has 0 amide bonds. The van der Waals surface area contributed by atoms with Crippen LogP contribution < -0.4 is 14.8 Å². The van der Waals surface area contributed by atoms with Crippen LogP contribution in [-0.4, -0.2) is 26.6 Å². The molecule has 0 spiro atoms. The van der Waals surface area contributed by atoms with Crippen LogP contribution in [0.1, 0.15) is 43.4 Å². The van der Waals surface area contributed by atoms with E-state index in [0.29, 0.717) is 23.0 Å². The summed E-state index contributed by atoms with van der Waals surface area (Å²) in [5.74, 6) is 0.671. The molecule has 2 aromatic carbocycles. The summed E-state index contributed by atoms with van der Waals surface area (Å²) in [5, 5.41) is 4.48. The number of thiazole rings is 1. The van der Waals surface area contributed by atoms with Crippen LogP contribution in [0.2, 0.25) is 0 Å². The molecule has 32 heavy (non-hydrogen) atoms. The molecule has 8 heteroatoms. The fourth-order valence-corrected chi connectivity index (χ4v) is 6.42. The van der Waals surface area contributed by atoms with E-state index >= 15 is 0 Å². The van der Waals surface area contributed by atoms with Crippen molar-refractivity contribution in [3.63, 3.8) is 0 Å². The van der Waals surface area contributed by atoms with Gasteiger partial charge in [0.2, 0.25) is 0 Å². The Morgan fingerprint density at radius 2 is 1.75 bits per heavy atom. The molecule has 0 atom stereocenters. The van der Waals surface area contributed by atoms with Crippen molar-refractivity contribution in [3.05, 3.63) is 53.7 Å². The number of ether oxygens (including phenoxy) is 1. The van der Waals surface area contributed by atoms with Gasteiger partial charge in [0, 0.05) is 11.7 Å². The van der Waals surface area contributed by atoms with Gasteiger partial charge in [0.15, 0.2) is 5.13 Å². The van der Waals surface area contributed by atoms with Crippen LogP contribution in [0.5, 0.6) is 5.75 Å². The molecule has 0 saturated heterocycles. The monoisotopic (exact) mass is 471 g/mol. The van der Waals surface area contributed by atoms with E-state index in [0.717, 1.165) is 21.3 Å².